The van der Waals surface area contributed by atoms with Gasteiger partial charge in [0.25, 0.3) is 0 Å². The van der Waals surface area contributed by atoms with Gasteiger partial charge in [-0.2, -0.15) is 0 Å². The van der Waals surface area contributed by atoms with Gasteiger partial charge in [-0.15, -0.1) is 10.2 Å². The van der Waals surface area contributed by atoms with Gasteiger partial charge in [0.1, 0.15) is 0 Å². The number of nitrogens with zero attached hydrogens (tertiary/aromatic N) is 2. The van der Waals surface area contributed by atoms with E-state index >= 15 is 0 Å². The van der Waals surface area contributed by atoms with Crippen molar-refractivity contribution in [3.63, 3.8) is 0 Å². The van der Waals surface area contributed by atoms with Crippen molar-refractivity contribution in [2.45, 2.75) is 15.7 Å². The molecule has 0 radical (unpaired) electrons. The van der Waals surface area contributed by atoms with Gasteiger partial charge in [-0.05, 0) is 0 Å². The van der Waals surface area contributed by atoms with Crippen LogP contribution in [0.3, 0.4) is 0 Å². The van der Waals surface area contributed by atoms with E-state index in [-0.39, 0.29) is 11.4 Å². The van der Waals surface area contributed by atoms with Crippen LogP contribution in [0.15, 0.2) is 4.34 Å². The second-order valence-corrected chi connectivity index (χ2v) is 5.47. The lowest BCUT2D eigenvalue weighted by Gasteiger charge is -2.09. The van der Waals surface area contributed by atoms with Crippen molar-refractivity contribution in [1.82, 2.24) is 15.5 Å². The van der Waals surface area contributed by atoms with Gasteiger partial charge >= 0.3 is 0 Å². The molecule has 0 aliphatic carbocycles. The normalized spacial score (nSPS) is 26.7. The van der Waals surface area contributed by atoms with Crippen molar-refractivity contribution >= 4 is 28.2 Å². The highest BCUT2D eigenvalue weighted by Gasteiger charge is 2.26. The molecule has 0 amide bonds. The van der Waals surface area contributed by atoms with Gasteiger partial charge in [0, 0.05) is 20.1 Å². The molecule has 78 valence electrons. The molecule has 1 aromatic heterocycles. The molecule has 0 saturated carbocycles. The highest BCUT2D eigenvalue weighted by Crippen LogP contribution is 2.31. The van der Waals surface area contributed by atoms with Crippen LogP contribution in [0.25, 0.3) is 0 Å². The van der Waals surface area contributed by atoms with Crippen LogP contribution in [-0.2, 0) is 0 Å². The lowest BCUT2D eigenvalue weighted by molar-refractivity contribution is 0.201. The third-order valence-electron chi connectivity index (χ3n) is 2.00. The molecule has 1 aromatic rings. The Labute approximate surface area is 90.3 Å². The third kappa shape index (κ3) is 2.17. The number of aliphatic hydroxyl groups is 1. The predicted octanol–water partition coefficient (Wildman–Crippen LogP) is 0.00460. The van der Waals surface area contributed by atoms with E-state index in [4.69, 9.17) is 0 Å². The van der Waals surface area contributed by atoms with Gasteiger partial charge in [0.15, 0.2) is 4.34 Å². The summed E-state index contributed by atoms with van der Waals surface area (Å²) < 4.78 is 0.905. The van der Waals surface area contributed by atoms with Crippen LogP contribution in [0.4, 0.5) is 5.13 Å². The summed E-state index contributed by atoms with van der Waals surface area (Å²) in [6.07, 6.45) is -0.276. The summed E-state index contributed by atoms with van der Waals surface area (Å²) in [4.78, 5) is 0. The lowest BCUT2D eigenvalue weighted by Crippen LogP contribution is -2.19. The molecule has 5 nitrogen and oxygen atoms in total. The van der Waals surface area contributed by atoms with Crippen molar-refractivity contribution in [3.8, 4) is 0 Å². The van der Waals surface area contributed by atoms with Crippen LogP contribution in [0.1, 0.15) is 0 Å². The Morgan fingerprint density at radius 2 is 2.43 bits per heavy atom. The second-order valence-electron chi connectivity index (χ2n) is 3.01. The molecule has 7 heteroatoms. The summed E-state index contributed by atoms with van der Waals surface area (Å²) in [5.74, 6) is 0. The Balaban J connectivity index is 1.96. The van der Waals surface area contributed by atoms with Gasteiger partial charge in [-0.25, -0.2) is 0 Å². The summed E-state index contributed by atoms with van der Waals surface area (Å²) >= 11 is 3.10. The summed E-state index contributed by atoms with van der Waals surface area (Å²) in [5.41, 5.74) is 0. The van der Waals surface area contributed by atoms with E-state index < -0.39 is 0 Å². The molecule has 2 atom stereocenters. The molecule has 3 N–H and O–H groups in total. The maximum absolute atomic E-state index is 9.57. The Hall–Kier alpha value is -0.370. The first-order valence-electron chi connectivity index (χ1n) is 4.36. The van der Waals surface area contributed by atoms with Crippen LogP contribution in [0.2, 0.25) is 0 Å². The molecule has 0 spiro atoms. The van der Waals surface area contributed by atoms with Crippen LogP contribution in [0, 0.1) is 0 Å². The van der Waals surface area contributed by atoms with Crippen LogP contribution >= 0.6 is 23.1 Å². The van der Waals surface area contributed by atoms with E-state index in [9.17, 15) is 5.11 Å². The summed E-state index contributed by atoms with van der Waals surface area (Å²) in [7, 11) is 1.82. The first-order valence-corrected chi connectivity index (χ1v) is 6.06. The van der Waals surface area contributed by atoms with E-state index in [1.54, 1.807) is 11.8 Å². The summed E-state index contributed by atoms with van der Waals surface area (Å²) in [5, 5.41) is 24.6. The maximum Gasteiger partial charge on any atom is 0.206 e. The number of rotatable bonds is 3. The number of thioether (sulfide) groups is 1. The molecule has 1 aliphatic rings. The first kappa shape index (κ1) is 10.2. The molecule has 1 fully saturated rings. The highest BCUT2D eigenvalue weighted by molar-refractivity contribution is 8.01. The quantitative estimate of drug-likeness (QED) is 0.682. The molecule has 0 aromatic carbocycles. The maximum atomic E-state index is 9.57. The van der Waals surface area contributed by atoms with E-state index in [2.05, 4.69) is 20.8 Å². The minimum Gasteiger partial charge on any atom is -0.391 e. The molecular formula is C7H12N4OS2. The van der Waals surface area contributed by atoms with Crippen molar-refractivity contribution in [2.24, 2.45) is 0 Å². The average molecular weight is 232 g/mol. The minimum atomic E-state index is -0.276. The average Bonchev–Trinajstić information content (AvgIpc) is 2.77. The predicted molar refractivity (Wildman–Crippen MR) is 58.0 cm³/mol. The molecule has 1 aliphatic heterocycles. The molecule has 2 rings (SSSR count). The van der Waals surface area contributed by atoms with Gasteiger partial charge in [0.2, 0.25) is 5.13 Å². The number of nitrogens with one attached hydrogen (secondary N) is 2. The lowest BCUT2D eigenvalue weighted by atomic mass is 10.3. The monoisotopic (exact) mass is 232 g/mol. The van der Waals surface area contributed by atoms with Crippen LogP contribution < -0.4 is 10.6 Å². The number of aromatic nitrogens is 2. The van der Waals surface area contributed by atoms with E-state index in [0.717, 1.165) is 16.0 Å². The fourth-order valence-electron chi connectivity index (χ4n) is 1.25. The Kier molecular flexibility index (Phi) is 3.22. The molecule has 0 bridgehead atoms. The number of anilines is 1. The van der Waals surface area contributed by atoms with E-state index in [1.807, 2.05) is 7.05 Å². The van der Waals surface area contributed by atoms with Gasteiger partial charge < -0.3 is 15.7 Å². The molecule has 14 heavy (non-hydrogen) atoms. The van der Waals surface area contributed by atoms with Crippen molar-refractivity contribution < 1.29 is 5.11 Å². The zero-order chi connectivity index (χ0) is 9.97. The fourth-order valence-corrected chi connectivity index (χ4v) is 3.28. The smallest absolute Gasteiger partial charge is 0.206 e. The number of hydrogen-bond acceptors (Lipinski definition) is 7. The zero-order valence-corrected chi connectivity index (χ0v) is 9.36. The van der Waals surface area contributed by atoms with Crippen LogP contribution in [-0.4, -0.2) is 46.8 Å². The van der Waals surface area contributed by atoms with E-state index in [0.29, 0.717) is 6.54 Å². The van der Waals surface area contributed by atoms with Crippen molar-refractivity contribution in [1.29, 1.82) is 0 Å². The van der Waals surface area contributed by atoms with Gasteiger partial charge in [0.05, 0.1) is 11.4 Å². The Bertz CT molecular complexity index is 306. The number of aliphatic hydroxyl groups excluding tert-OH is 1. The van der Waals surface area contributed by atoms with Crippen molar-refractivity contribution in [3.05, 3.63) is 0 Å². The first-order chi connectivity index (χ1) is 6.79. The van der Waals surface area contributed by atoms with Crippen molar-refractivity contribution in [2.75, 3.05) is 25.5 Å². The number of hydrogen-bond donors (Lipinski definition) is 3. The highest BCUT2D eigenvalue weighted by atomic mass is 32.2. The summed E-state index contributed by atoms with van der Waals surface area (Å²) in [6, 6.07) is 0. The summed E-state index contributed by atoms with van der Waals surface area (Å²) in [6.45, 7) is 1.51. The van der Waals surface area contributed by atoms with Gasteiger partial charge in [-0.3, -0.25) is 0 Å². The molecular weight excluding hydrogens is 220 g/mol. The number of β-amino-alcohol motifs (C(OH)–C–C–N with tert-alkyl or cyclic N) is 1. The molecule has 1 saturated heterocycles. The fraction of sp³-hybridized carbons (Fsp3) is 0.714. The topological polar surface area (TPSA) is 70.1 Å². The molecule has 2 unspecified atom stereocenters. The third-order valence-corrected chi connectivity index (χ3v) is 4.34. The largest absolute Gasteiger partial charge is 0.391 e. The molecule has 2 heterocycles. The Morgan fingerprint density at radius 1 is 1.57 bits per heavy atom. The van der Waals surface area contributed by atoms with Crippen LogP contribution in [0.5, 0.6) is 0 Å². The second kappa shape index (κ2) is 4.43. The Morgan fingerprint density at radius 3 is 3.00 bits per heavy atom. The standard InChI is InChI=1S/C7H12N4OS2/c1-8-6-10-11-7(14-6)13-5-3-9-2-4(5)12/h4-5,9,12H,2-3H2,1H3,(H,8,10). The SMILES string of the molecule is CNc1nnc(SC2CNCC2O)s1. The van der Waals surface area contributed by atoms with Gasteiger partial charge in [-0.1, -0.05) is 23.1 Å². The zero-order valence-electron chi connectivity index (χ0n) is 7.73. The minimum absolute atomic E-state index is 0.202. The van der Waals surface area contributed by atoms with E-state index in [1.165, 1.54) is 11.3 Å².